The van der Waals surface area contributed by atoms with Crippen LogP contribution < -0.4 is 10.6 Å². The van der Waals surface area contributed by atoms with Crippen LogP contribution in [0, 0.1) is 5.92 Å². The van der Waals surface area contributed by atoms with Gasteiger partial charge in [0.25, 0.3) is 0 Å². The summed E-state index contributed by atoms with van der Waals surface area (Å²) < 4.78 is 0. The van der Waals surface area contributed by atoms with Crippen LogP contribution >= 0.6 is 0 Å². The highest BCUT2D eigenvalue weighted by atomic mass is 16.2. The Kier molecular flexibility index (Phi) is 9.72. The van der Waals surface area contributed by atoms with Gasteiger partial charge in [-0.05, 0) is 51.1 Å². The van der Waals surface area contributed by atoms with Crippen molar-refractivity contribution >= 4 is 11.9 Å². The Bertz CT molecular complexity index is 522. The van der Waals surface area contributed by atoms with E-state index in [-0.39, 0.29) is 11.9 Å². The summed E-state index contributed by atoms with van der Waals surface area (Å²) in [5.41, 5.74) is 0. The predicted octanol–water partition coefficient (Wildman–Crippen LogP) is 2.27. The lowest BCUT2D eigenvalue weighted by atomic mass is 9.93. The van der Waals surface area contributed by atoms with Crippen molar-refractivity contribution in [2.45, 2.75) is 70.8 Å². The third-order valence-electron chi connectivity index (χ3n) is 7.19. The van der Waals surface area contributed by atoms with Crippen LogP contribution in [0.4, 0.5) is 4.79 Å². The van der Waals surface area contributed by atoms with Gasteiger partial charge in [-0.1, -0.05) is 26.2 Å². The van der Waals surface area contributed by atoms with Crippen LogP contribution in [0.15, 0.2) is 0 Å². The van der Waals surface area contributed by atoms with Crippen molar-refractivity contribution in [2.24, 2.45) is 5.92 Å². The molecule has 7 heteroatoms. The molecule has 2 aliphatic heterocycles. The number of nitrogens with one attached hydrogen (secondary N) is 2. The lowest BCUT2D eigenvalue weighted by Gasteiger charge is -2.34. The molecule has 0 bridgehead atoms. The van der Waals surface area contributed by atoms with Crippen molar-refractivity contribution in [1.29, 1.82) is 0 Å². The highest BCUT2D eigenvalue weighted by Gasteiger charge is 2.26. The second-order valence-electron chi connectivity index (χ2n) is 9.40. The number of hydrogen-bond donors (Lipinski definition) is 2. The highest BCUT2D eigenvalue weighted by molar-refractivity contribution is 5.76. The number of carbonyl (C=O) groups is 2. The van der Waals surface area contributed by atoms with Crippen molar-refractivity contribution in [1.82, 2.24) is 25.3 Å². The summed E-state index contributed by atoms with van der Waals surface area (Å²) in [6.07, 6.45) is 9.52. The molecule has 0 atom stereocenters. The molecule has 3 aliphatic rings. The second-order valence-corrected chi connectivity index (χ2v) is 9.40. The zero-order valence-corrected chi connectivity index (χ0v) is 19.0. The number of carbonyl (C=O) groups excluding carboxylic acids is 2. The van der Waals surface area contributed by atoms with Gasteiger partial charge >= 0.3 is 6.03 Å². The van der Waals surface area contributed by atoms with E-state index in [9.17, 15) is 9.59 Å². The molecule has 0 spiro atoms. The van der Waals surface area contributed by atoms with Gasteiger partial charge in [0.2, 0.25) is 5.91 Å². The minimum absolute atomic E-state index is 0.101. The Balaban J connectivity index is 1.22. The van der Waals surface area contributed by atoms with E-state index in [2.05, 4.69) is 27.4 Å². The molecular formula is C23H43N5O2. The van der Waals surface area contributed by atoms with Gasteiger partial charge in [0.05, 0.1) is 0 Å². The number of nitrogens with zero attached hydrogens (tertiary/aromatic N) is 3. The Morgan fingerprint density at radius 2 is 1.53 bits per heavy atom. The van der Waals surface area contributed by atoms with E-state index < -0.39 is 0 Å². The molecule has 2 N–H and O–H groups in total. The summed E-state index contributed by atoms with van der Waals surface area (Å²) in [5, 5.41) is 6.32. The maximum absolute atomic E-state index is 12.5. The molecule has 2 heterocycles. The zero-order valence-electron chi connectivity index (χ0n) is 19.0. The first kappa shape index (κ1) is 23.3. The van der Waals surface area contributed by atoms with E-state index in [4.69, 9.17) is 0 Å². The van der Waals surface area contributed by atoms with Crippen LogP contribution in [0.25, 0.3) is 0 Å². The molecule has 3 amide bonds. The van der Waals surface area contributed by atoms with Gasteiger partial charge in [-0.25, -0.2) is 4.79 Å². The van der Waals surface area contributed by atoms with Crippen LogP contribution in [-0.2, 0) is 4.79 Å². The fourth-order valence-electron chi connectivity index (χ4n) is 5.05. The summed E-state index contributed by atoms with van der Waals surface area (Å²) in [4.78, 5) is 31.7. The van der Waals surface area contributed by atoms with Crippen molar-refractivity contribution in [2.75, 3.05) is 58.9 Å². The summed E-state index contributed by atoms with van der Waals surface area (Å²) in [6, 6.07) is 0.467. The SMILES string of the molecule is CCN1CCN(CCCNC(=O)CC2CCN(C(=O)NC3CCCCC3)CC2)CC1. The number of likely N-dealkylation sites (tertiary alicyclic amines) is 1. The van der Waals surface area contributed by atoms with E-state index in [1.165, 1.54) is 32.4 Å². The van der Waals surface area contributed by atoms with Crippen LogP contribution in [0.1, 0.15) is 64.7 Å². The van der Waals surface area contributed by atoms with E-state index >= 15 is 0 Å². The molecule has 30 heavy (non-hydrogen) atoms. The largest absolute Gasteiger partial charge is 0.356 e. The Labute approximate surface area is 182 Å². The van der Waals surface area contributed by atoms with Gasteiger partial charge in [0, 0.05) is 58.3 Å². The standard InChI is InChI=1S/C23H43N5O2/c1-2-26-15-17-27(18-16-26)12-6-11-24-22(29)19-20-9-13-28(14-10-20)23(30)25-21-7-4-3-5-8-21/h20-21H,2-19H2,1H3,(H,24,29)(H,25,30). The number of piperidine rings is 1. The van der Waals surface area contributed by atoms with Gasteiger partial charge in [-0.2, -0.15) is 0 Å². The Morgan fingerprint density at radius 1 is 0.867 bits per heavy atom. The van der Waals surface area contributed by atoms with Crippen LogP contribution in [0.5, 0.6) is 0 Å². The number of amides is 3. The predicted molar refractivity (Wildman–Crippen MR) is 120 cm³/mol. The second kappa shape index (κ2) is 12.5. The third-order valence-corrected chi connectivity index (χ3v) is 7.19. The van der Waals surface area contributed by atoms with Gasteiger partial charge in [-0.3, -0.25) is 4.79 Å². The van der Waals surface area contributed by atoms with Crippen molar-refractivity contribution in [3.05, 3.63) is 0 Å². The van der Waals surface area contributed by atoms with Crippen LogP contribution in [0.2, 0.25) is 0 Å². The quantitative estimate of drug-likeness (QED) is 0.590. The first-order valence-electron chi connectivity index (χ1n) is 12.4. The first-order valence-corrected chi connectivity index (χ1v) is 12.4. The molecule has 1 saturated carbocycles. The normalized spacial score (nSPS) is 22.8. The fraction of sp³-hybridized carbons (Fsp3) is 0.913. The number of piperazine rings is 1. The summed E-state index contributed by atoms with van der Waals surface area (Å²) in [7, 11) is 0. The zero-order chi connectivity index (χ0) is 21.2. The van der Waals surface area contributed by atoms with Gasteiger partial charge < -0.3 is 25.3 Å². The number of likely N-dealkylation sites (N-methyl/N-ethyl adjacent to an activating group) is 1. The molecule has 7 nitrogen and oxygen atoms in total. The number of rotatable bonds is 8. The minimum atomic E-state index is 0.101. The Morgan fingerprint density at radius 3 is 2.20 bits per heavy atom. The molecular weight excluding hydrogens is 378 g/mol. The van der Waals surface area contributed by atoms with E-state index in [1.807, 2.05) is 4.90 Å². The van der Waals surface area contributed by atoms with Gasteiger partial charge in [-0.15, -0.1) is 0 Å². The molecule has 0 aromatic rings. The maximum atomic E-state index is 12.5. The van der Waals surface area contributed by atoms with Crippen LogP contribution in [0.3, 0.4) is 0 Å². The van der Waals surface area contributed by atoms with E-state index in [1.54, 1.807) is 0 Å². The van der Waals surface area contributed by atoms with Crippen molar-refractivity contribution in [3.8, 4) is 0 Å². The Hall–Kier alpha value is -1.34. The monoisotopic (exact) mass is 421 g/mol. The molecule has 0 aromatic carbocycles. The van der Waals surface area contributed by atoms with Crippen LogP contribution in [-0.4, -0.2) is 91.6 Å². The lowest BCUT2D eigenvalue weighted by Crippen LogP contribution is -2.48. The van der Waals surface area contributed by atoms with Gasteiger partial charge in [0.15, 0.2) is 0 Å². The highest BCUT2D eigenvalue weighted by Crippen LogP contribution is 2.22. The minimum Gasteiger partial charge on any atom is -0.356 e. The van der Waals surface area contributed by atoms with Crippen molar-refractivity contribution in [3.63, 3.8) is 0 Å². The molecule has 3 rings (SSSR count). The average Bonchev–Trinajstić information content (AvgIpc) is 2.78. The molecule has 0 aromatic heterocycles. The topological polar surface area (TPSA) is 67.9 Å². The molecule has 2 saturated heterocycles. The molecule has 172 valence electrons. The van der Waals surface area contributed by atoms with E-state index in [0.29, 0.717) is 18.4 Å². The van der Waals surface area contributed by atoms with E-state index in [0.717, 1.165) is 77.9 Å². The number of hydrogen-bond acceptors (Lipinski definition) is 4. The smallest absolute Gasteiger partial charge is 0.317 e. The lowest BCUT2D eigenvalue weighted by molar-refractivity contribution is -0.122. The molecule has 0 unspecified atom stereocenters. The van der Waals surface area contributed by atoms with Gasteiger partial charge in [0.1, 0.15) is 0 Å². The summed E-state index contributed by atoms with van der Waals surface area (Å²) in [5.74, 6) is 0.585. The molecule has 3 fully saturated rings. The average molecular weight is 422 g/mol. The first-order chi connectivity index (χ1) is 14.6. The van der Waals surface area contributed by atoms with Crippen molar-refractivity contribution < 1.29 is 9.59 Å². The number of urea groups is 1. The fourth-order valence-corrected chi connectivity index (χ4v) is 5.05. The molecule has 1 aliphatic carbocycles. The third kappa shape index (κ3) is 7.73. The summed E-state index contributed by atoms with van der Waals surface area (Å²) >= 11 is 0. The summed E-state index contributed by atoms with van der Waals surface area (Å²) in [6.45, 7) is 11.4. The maximum Gasteiger partial charge on any atom is 0.317 e. The molecule has 0 radical (unpaired) electrons.